The van der Waals surface area contributed by atoms with Gasteiger partial charge in [0.15, 0.2) is 5.75 Å². The predicted molar refractivity (Wildman–Crippen MR) is 145 cm³/mol. The molecule has 1 atom stereocenters. The van der Waals surface area contributed by atoms with Crippen LogP contribution in [-0.4, -0.2) is 35.3 Å². The number of amides is 1. The molecule has 4 aromatic rings. The Hall–Kier alpha value is -3.46. The Bertz CT molecular complexity index is 1400. The van der Waals surface area contributed by atoms with E-state index in [4.69, 9.17) is 21.3 Å². The van der Waals surface area contributed by atoms with E-state index in [0.29, 0.717) is 10.7 Å². The van der Waals surface area contributed by atoms with Crippen molar-refractivity contribution in [3.05, 3.63) is 101 Å². The highest BCUT2D eigenvalue weighted by atomic mass is 35.5. The molecule has 4 rings (SSSR count). The zero-order chi connectivity index (χ0) is 26.6. The van der Waals surface area contributed by atoms with Crippen LogP contribution in [0.2, 0.25) is 5.02 Å². The van der Waals surface area contributed by atoms with Crippen LogP contribution >= 0.6 is 11.6 Å². The minimum Gasteiger partial charge on any atom is -0.755 e. The second-order valence-corrected chi connectivity index (χ2v) is 10.8. The Morgan fingerprint density at radius 2 is 1.68 bits per heavy atom. The fourth-order valence-corrected chi connectivity index (χ4v) is 4.38. The number of rotatable bonds is 7. The van der Waals surface area contributed by atoms with Crippen LogP contribution < -0.4 is 4.74 Å². The zero-order valence-corrected chi connectivity index (χ0v) is 22.3. The number of carbonyl (C=O) groups is 1. The van der Waals surface area contributed by atoms with Gasteiger partial charge in [0.2, 0.25) is 0 Å². The molecule has 9 heteroatoms. The van der Waals surface area contributed by atoms with Gasteiger partial charge in [0.05, 0.1) is 22.0 Å². The first-order chi connectivity index (χ1) is 17.6. The number of hydrogen-bond acceptors (Lipinski definition) is 5. The zero-order valence-electron chi connectivity index (χ0n) is 20.8. The number of aromatic nitrogens is 2. The number of imidazole rings is 1. The van der Waals surface area contributed by atoms with E-state index in [1.54, 1.807) is 18.2 Å². The number of benzene rings is 3. The lowest BCUT2D eigenvalue weighted by Crippen LogP contribution is -2.36. The molecule has 0 aliphatic rings. The lowest BCUT2D eigenvalue weighted by atomic mass is 9.95. The fourth-order valence-electron chi connectivity index (χ4n) is 3.81. The molecule has 0 saturated carbocycles. The molecule has 0 saturated heterocycles. The Morgan fingerprint density at radius 1 is 1.03 bits per heavy atom. The lowest BCUT2D eigenvalue weighted by Gasteiger charge is -2.23. The van der Waals surface area contributed by atoms with Crippen LogP contribution in [0.5, 0.6) is 5.75 Å². The molecule has 7 nitrogen and oxygen atoms in total. The van der Waals surface area contributed by atoms with Crippen LogP contribution in [0.4, 0.5) is 4.79 Å². The fraction of sp³-hybridized carbons (Fsp3) is 0.214. The van der Waals surface area contributed by atoms with Gasteiger partial charge in [0.25, 0.3) is 0 Å². The van der Waals surface area contributed by atoms with E-state index in [0.717, 1.165) is 28.3 Å². The van der Waals surface area contributed by atoms with Gasteiger partial charge in [-0.3, -0.25) is 4.21 Å². The molecule has 1 aromatic heterocycles. The monoisotopic (exact) mass is 536 g/mol. The third-order valence-electron chi connectivity index (χ3n) is 5.68. The van der Waals surface area contributed by atoms with Crippen molar-refractivity contribution in [1.82, 2.24) is 13.9 Å². The molecule has 192 valence electrons. The highest BCUT2D eigenvalue weighted by Gasteiger charge is 2.23. The summed E-state index contributed by atoms with van der Waals surface area (Å²) in [6, 6.07) is 24.1. The van der Waals surface area contributed by atoms with Gasteiger partial charge in [-0.15, -0.1) is 0 Å². The largest absolute Gasteiger partial charge is 0.755 e. The lowest BCUT2D eigenvalue weighted by molar-refractivity contribution is 0.178. The number of para-hydroxylation sites is 1. The minimum atomic E-state index is -2.80. The summed E-state index contributed by atoms with van der Waals surface area (Å²) in [5.41, 5.74) is 3.54. The predicted octanol–water partition coefficient (Wildman–Crippen LogP) is 6.33. The smallest absolute Gasteiger partial charge is 0.426 e. The molecule has 37 heavy (non-hydrogen) atoms. The third kappa shape index (κ3) is 6.46. The van der Waals surface area contributed by atoms with E-state index in [1.807, 2.05) is 60.8 Å². The van der Waals surface area contributed by atoms with Crippen molar-refractivity contribution in [3.63, 3.8) is 0 Å². The number of hydrogen-bond donors (Lipinski definition) is 0. The van der Waals surface area contributed by atoms with Gasteiger partial charge in [-0.05, 0) is 36.2 Å². The van der Waals surface area contributed by atoms with Gasteiger partial charge in [-0.2, -0.15) is 0 Å². The molecular weight excluding hydrogens is 510 g/mol. The molecule has 3 aromatic carbocycles. The molecule has 0 fully saturated rings. The highest BCUT2D eigenvalue weighted by Crippen LogP contribution is 2.29. The summed E-state index contributed by atoms with van der Waals surface area (Å²) in [7, 11) is 0. The number of ether oxygens (including phenoxy) is 1. The normalized spacial score (nSPS) is 12.2. The van der Waals surface area contributed by atoms with E-state index in [9.17, 15) is 13.6 Å². The summed E-state index contributed by atoms with van der Waals surface area (Å²) in [6.45, 7) is 6.28. The molecule has 0 aliphatic carbocycles. The first-order valence-electron chi connectivity index (χ1n) is 11.7. The van der Waals surface area contributed by atoms with Crippen LogP contribution in [0.25, 0.3) is 16.9 Å². The quantitative estimate of drug-likeness (QED) is 0.258. The average Bonchev–Trinajstić information content (AvgIpc) is 3.33. The summed E-state index contributed by atoms with van der Waals surface area (Å²) in [5, 5.41) is 0.215. The Morgan fingerprint density at radius 3 is 2.30 bits per heavy atom. The van der Waals surface area contributed by atoms with Crippen LogP contribution in [0.3, 0.4) is 0 Å². The molecule has 1 heterocycles. The summed E-state index contributed by atoms with van der Waals surface area (Å²) in [4.78, 5) is 17.4. The SMILES string of the molecule is CC(C)(C)c1nc(-c2ccccc2)cn1-c1ccc(CCN(C(=O)Oc2ccccc2Cl)S(=O)[O-])cc1. The second-order valence-electron chi connectivity index (χ2n) is 9.47. The van der Waals surface area contributed by atoms with E-state index < -0.39 is 17.4 Å². The van der Waals surface area contributed by atoms with Crippen molar-refractivity contribution in [2.45, 2.75) is 32.6 Å². The van der Waals surface area contributed by atoms with Crippen molar-refractivity contribution in [2.75, 3.05) is 6.54 Å². The van der Waals surface area contributed by atoms with E-state index in [-0.39, 0.29) is 22.7 Å². The van der Waals surface area contributed by atoms with Gasteiger partial charge in [-0.1, -0.05) is 87.0 Å². The molecule has 1 amide bonds. The number of halogens is 1. The highest BCUT2D eigenvalue weighted by molar-refractivity contribution is 7.77. The maximum absolute atomic E-state index is 12.5. The second kappa shape index (κ2) is 11.3. The van der Waals surface area contributed by atoms with Crippen LogP contribution in [0.1, 0.15) is 32.2 Å². The van der Waals surface area contributed by atoms with Crippen molar-refractivity contribution < 1.29 is 18.3 Å². The maximum atomic E-state index is 12.5. The van der Waals surface area contributed by atoms with Crippen molar-refractivity contribution in [3.8, 4) is 22.7 Å². The molecule has 1 unspecified atom stereocenters. The Balaban J connectivity index is 1.50. The summed E-state index contributed by atoms with van der Waals surface area (Å²) in [5.74, 6) is 1.02. The average molecular weight is 537 g/mol. The topological polar surface area (TPSA) is 87.5 Å². The molecule has 0 N–H and O–H groups in total. The van der Waals surface area contributed by atoms with E-state index in [2.05, 4.69) is 25.3 Å². The molecule has 0 radical (unpaired) electrons. The van der Waals surface area contributed by atoms with E-state index >= 15 is 0 Å². The maximum Gasteiger partial charge on any atom is 0.426 e. The van der Waals surface area contributed by atoms with Gasteiger partial charge >= 0.3 is 6.09 Å². The summed E-state index contributed by atoms with van der Waals surface area (Å²) < 4.78 is 31.3. The van der Waals surface area contributed by atoms with Crippen molar-refractivity contribution in [1.29, 1.82) is 0 Å². The summed E-state index contributed by atoms with van der Waals surface area (Å²) in [6.07, 6.45) is 1.33. The Kier molecular flexibility index (Phi) is 8.12. The third-order valence-corrected chi connectivity index (χ3v) is 6.69. The summed E-state index contributed by atoms with van der Waals surface area (Å²) >= 11 is 3.21. The van der Waals surface area contributed by atoms with Crippen LogP contribution in [0, 0.1) is 0 Å². The number of nitrogens with zero attached hydrogens (tertiary/aromatic N) is 3. The van der Waals surface area contributed by atoms with Gasteiger partial charge in [-0.25, -0.2) is 14.1 Å². The first-order valence-corrected chi connectivity index (χ1v) is 13.1. The Labute approximate surface area is 224 Å². The van der Waals surface area contributed by atoms with Crippen LogP contribution in [0.15, 0.2) is 85.1 Å². The van der Waals surface area contributed by atoms with E-state index in [1.165, 1.54) is 6.07 Å². The van der Waals surface area contributed by atoms with Crippen molar-refractivity contribution >= 4 is 29.0 Å². The molecule has 0 bridgehead atoms. The first kappa shape index (κ1) is 26.6. The molecule has 0 aliphatic heterocycles. The molecular formula is C28H27ClN3O4S-. The van der Waals surface area contributed by atoms with Crippen molar-refractivity contribution in [2.24, 2.45) is 0 Å². The van der Waals surface area contributed by atoms with Gasteiger partial charge < -0.3 is 13.9 Å². The minimum absolute atomic E-state index is 0.0742. The van der Waals surface area contributed by atoms with Crippen LogP contribution in [-0.2, 0) is 23.1 Å². The van der Waals surface area contributed by atoms with Gasteiger partial charge in [0, 0.05) is 29.4 Å². The number of carbonyl (C=O) groups excluding carboxylic acids is 1. The molecule has 0 spiro atoms. The standard InChI is InChI=1S/C28H28ClN3O4S/c1-28(2,3)26-30-24(21-9-5-4-6-10-21)19-31(26)22-15-13-20(14-16-22)17-18-32(37(34)35)27(33)36-25-12-8-7-11-23(25)29/h4-16,19H,17-18H2,1-3H3,(H,34,35)/p-1. The van der Waals surface area contributed by atoms with Gasteiger partial charge in [0.1, 0.15) is 5.82 Å².